The molecule has 2 rings (SSSR count). The van der Waals surface area contributed by atoms with Gasteiger partial charge in [0.05, 0.1) is 25.4 Å². The first-order valence-corrected chi connectivity index (χ1v) is 7.60. The first-order valence-electron chi connectivity index (χ1n) is 7.60. The summed E-state index contributed by atoms with van der Waals surface area (Å²) in [6.07, 6.45) is 4.53. The molecule has 0 aliphatic carbocycles. The number of anilines is 1. The standard InChI is InChI=1S/C17H22N4O2/c1-12(2)13-3-5-14(6-4-13)15(11-22)20-10-17(23)21-16-9-18-7-8-19-16/h3-9,12,15,20,22H,10-11H2,1-2H3,(H,19,21,23). The number of amides is 1. The summed E-state index contributed by atoms with van der Waals surface area (Å²) < 4.78 is 0. The third kappa shape index (κ3) is 5.12. The number of hydrogen-bond acceptors (Lipinski definition) is 5. The van der Waals surface area contributed by atoms with E-state index in [-0.39, 0.29) is 25.1 Å². The maximum absolute atomic E-state index is 11.9. The number of nitrogens with zero attached hydrogens (tertiary/aromatic N) is 2. The SMILES string of the molecule is CC(C)c1ccc(C(CO)NCC(=O)Nc2cnccn2)cc1. The molecule has 0 saturated carbocycles. The molecule has 0 fully saturated rings. The molecule has 0 saturated heterocycles. The summed E-state index contributed by atoms with van der Waals surface area (Å²) in [6, 6.07) is 7.76. The number of hydrogen-bond donors (Lipinski definition) is 3. The summed E-state index contributed by atoms with van der Waals surface area (Å²) in [5.41, 5.74) is 2.19. The van der Waals surface area contributed by atoms with E-state index in [4.69, 9.17) is 0 Å². The second-order valence-electron chi connectivity index (χ2n) is 5.58. The quantitative estimate of drug-likeness (QED) is 0.726. The van der Waals surface area contributed by atoms with E-state index in [1.54, 1.807) is 0 Å². The van der Waals surface area contributed by atoms with Crippen molar-refractivity contribution in [2.75, 3.05) is 18.5 Å². The second kappa shape index (κ2) is 8.36. The number of aliphatic hydroxyl groups is 1. The van der Waals surface area contributed by atoms with Crippen LogP contribution in [0.1, 0.15) is 36.9 Å². The van der Waals surface area contributed by atoms with Gasteiger partial charge in [-0.05, 0) is 17.0 Å². The average Bonchev–Trinajstić information content (AvgIpc) is 2.56. The lowest BCUT2D eigenvalue weighted by molar-refractivity contribution is -0.115. The number of nitrogens with one attached hydrogen (secondary N) is 2. The van der Waals surface area contributed by atoms with Crippen molar-refractivity contribution in [1.82, 2.24) is 15.3 Å². The van der Waals surface area contributed by atoms with Crippen molar-refractivity contribution in [2.24, 2.45) is 0 Å². The van der Waals surface area contributed by atoms with Gasteiger partial charge in [0.25, 0.3) is 0 Å². The summed E-state index contributed by atoms with van der Waals surface area (Å²) in [4.78, 5) is 19.7. The number of carbonyl (C=O) groups excluding carboxylic acids is 1. The molecule has 0 aliphatic heterocycles. The molecule has 1 atom stereocenters. The lowest BCUT2D eigenvalue weighted by atomic mass is 9.99. The molecule has 0 aliphatic rings. The van der Waals surface area contributed by atoms with Crippen molar-refractivity contribution < 1.29 is 9.90 Å². The van der Waals surface area contributed by atoms with Gasteiger partial charge in [-0.25, -0.2) is 4.98 Å². The molecule has 23 heavy (non-hydrogen) atoms. The smallest absolute Gasteiger partial charge is 0.239 e. The van der Waals surface area contributed by atoms with Gasteiger partial charge in [-0.2, -0.15) is 0 Å². The van der Waals surface area contributed by atoms with Gasteiger partial charge in [-0.15, -0.1) is 0 Å². The third-order valence-electron chi connectivity index (χ3n) is 3.53. The van der Waals surface area contributed by atoms with Crippen LogP contribution >= 0.6 is 0 Å². The molecule has 0 bridgehead atoms. The molecule has 1 aromatic carbocycles. The number of aliphatic hydroxyl groups excluding tert-OH is 1. The van der Waals surface area contributed by atoms with Crippen LogP contribution in [0.4, 0.5) is 5.82 Å². The molecule has 0 radical (unpaired) electrons. The van der Waals surface area contributed by atoms with E-state index in [0.717, 1.165) is 5.56 Å². The fraction of sp³-hybridized carbons (Fsp3) is 0.353. The van der Waals surface area contributed by atoms with Gasteiger partial charge < -0.3 is 10.4 Å². The summed E-state index contributed by atoms with van der Waals surface area (Å²) >= 11 is 0. The third-order valence-corrected chi connectivity index (χ3v) is 3.53. The molecule has 3 N–H and O–H groups in total. The number of rotatable bonds is 7. The van der Waals surface area contributed by atoms with E-state index in [1.807, 2.05) is 24.3 Å². The zero-order valence-electron chi connectivity index (χ0n) is 13.4. The summed E-state index contributed by atoms with van der Waals surface area (Å²) in [6.45, 7) is 4.26. The lowest BCUT2D eigenvalue weighted by Gasteiger charge is -2.17. The van der Waals surface area contributed by atoms with Crippen LogP contribution in [-0.2, 0) is 4.79 Å². The molecule has 1 heterocycles. The van der Waals surface area contributed by atoms with Crippen LogP contribution in [0.5, 0.6) is 0 Å². The Bertz CT molecular complexity index is 614. The second-order valence-corrected chi connectivity index (χ2v) is 5.58. The maximum atomic E-state index is 11.9. The average molecular weight is 314 g/mol. The fourth-order valence-electron chi connectivity index (χ4n) is 2.17. The topological polar surface area (TPSA) is 87.1 Å². The molecule has 1 aromatic heterocycles. The van der Waals surface area contributed by atoms with E-state index in [0.29, 0.717) is 11.7 Å². The van der Waals surface area contributed by atoms with Crippen molar-refractivity contribution in [1.29, 1.82) is 0 Å². The molecule has 2 aromatic rings. The Morgan fingerprint density at radius 3 is 2.43 bits per heavy atom. The maximum Gasteiger partial charge on any atom is 0.239 e. The Labute approximate surface area is 136 Å². The van der Waals surface area contributed by atoms with Crippen LogP contribution in [0.2, 0.25) is 0 Å². The Morgan fingerprint density at radius 1 is 1.17 bits per heavy atom. The van der Waals surface area contributed by atoms with Crippen LogP contribution in [0.3, 0.4) is 0 Å². The highest BCUT2D eigenvalue weighted by atomic mass is 16.3. The minimum atomic E-state index is -0.288. The molecule has 122 valence electrons. The lowest BCUT2D eigenvalue weighted by Crippen LogP contribution is -2.33. The van der Waals surface area contributed by atoms with Crippen molar-refractivity contribution in [2.45, 2.75) is 25.8 Å². The Morgan fingerprint density at radius 2 is 1.87 bits per heavy atom. The fourth-order valence-corrected chi connectivity index (χ4v) is 2.17. The highest BCUT2D eigenvalue weighted by molar-refractivity contribution is 5.91. The normalized spacial score (nSPS) is 12.2. The highest BCUT2D eigenvalue weighted by Crippen LogP contribution is 2.18. The van der Waals surface area contributed by atoms with Gasteiger partial charge >= 0.3 is 0 Å². The van der Waals surface area contributed by atoms with Gasteiger partial charge in [-0.3, -0.25) is 15.1 Å². The minimum absolute atomic E-state index is 0.0771. The first kappa shape index (κ1) is 17.1. The Kier molecular flexibility index (Phi) is 6.19. The van der Waals surface area contributed by atoms with Crippen LogP contribution in [0, 0.1) is 0 Å². The van der Waals surface area contributed by atoms with Crippen molar-refractivity contribution in [3.8, 4) is 0 Å². The van der Waals surface area contributed by atoms with Gasteiger partial charge in [-0.1, -0.05) is 38.1 Å². The zero-order chi connectivity index (χ0) is 16.7. The monoisotopic (exact) mass is 314 g/mol. The number of aromatic nitrogens is 2. The predicted octanol–water partition coefficient (Wildman–Crippen LogP) is 1.86. The molecular formula is C17H22N4O2. The molecule has 1 amide bonds. The summed E-state index contributed by atoms with van der Waals surface area (Å²) in [5.74, 6) is 0.631. The van der Waals surface area contributed by atoms with Crippen LogP contribution in [0.25, 0.3) is 0 Å². The van der Waals surface area contributed by atoms with E-state index in [2.05, 4.69) is 34.4 Å². The van der Waals surface area contributed by atoms with Crippen molar-refractivity contribution in [3.05, 3.63) is 54.0 Å². The summed E-state index contributed by atoms with van der Waals surface area (Å²) in [7, 11) is 0. The molecular weight excluding hydrogens is 292 g/mol. The Balaban J connectivity index is 1.90. The van der Waals surface area contributed by atoms with E-state index in [9.17, 15) is 9.90 Å². The van der Waals surface area contributed by atoms with Crippen molar-refractivity contribution in [3.63, 3.8) is 0 Å². The van der Waals surface area contributed by atoms with Gasteiger partial charge in [0.2, 0.25) is 5.91 Å². The molecule has 1 unspecified atom stereocenters. The molecule has 6 nitrogen and oxygen atoms in total. The van der Waals surface area contributed by atoms with Crippen LogP contribution < -0.4 is 10.6 Å². The molecule has 6 heteroatoms. The largest absolute Gasteiger partial charge is 0.394 e. The highest BCUT2D eigenvalue weighted by Gasteiger charge is 2.12. The van der Waals surface area contributed by atoms with Crippen LogP contribution in [0.15, 0.2) is 42.9 Å². The minimum Gasteiger partial charge on any atom is -0.394 e. The van der Waals surface area contributed by atoms with Gasteiger partial charge in [0, 0.05) is 12.4 Å². The molecule has 0 spiro atoms. The zero-order valence-corrected chi connectivity index (χ0v) is 13.4. The summed E-state index contributed by atoms with van der Waals surface area (Å²) in [5, 5.41) is 15.2. The first-order chi connectivity index (χ1) is 11.1. The Hall–Kier alpha value is -2.31. The number of carbonyl (C=O) groups is 1. The van der Waals surface area contributed by atoms with E-state index >= 15 is 0 Å². The van der Waals surface area contributed by atoms with E-state index < -0.39 is 0 Å². The predicted molar refractivity (Wildman–Crippen MR) is 89.0 cm³/mol. The van der Waals surface area contributed by atoms with Crippen LogP contribution in [-0.4, -0.2) is 34.1 Å². The van der Waals surface area contributed by atoms with Crippen molar-refractivity contribution >= 4 is 11.7 Å². The van der Waals surface area contributed by atoms with E-state index in [1.165, 1.54) is 24.2 Å². The number of benzene rings is 1. The van der Waals surface area contributed by atoms with Gasteiger partial charge in [0.1, 0.15) is 0 Å². The van der Waals surface area contributed by atoms with Gasteiger partial charge in [0.15, 0.2) is 5.82 Å².